The summed E-state index contributed by atoms with van der Waals surface area (Å²) in [6.07, 6.45) is 0. The number of hydrogen-bond acceptors (Lipinski definition) is 2. The second-order valence-corrected chi connectivity index (χ2v) is 17.6. The normalized spacial score (nSPS) is 12.7. The van der Waals surface area contributed by atoms with E-state index >= 15 is 0 Å². The average Bonchev–Trinajstić information content (AvgIpc) is 3.71. The monoisotopic (exact) mass is 853 g/mol. The molecular formula is C65H43NO. The first kappa shape index (κ1) is 38.7. The summed E-state index contributed by atoms with van der Waals surface area (Å²) < 4.78 is 6.51. The summed E-state index contributed by atoms with van der Waals surface area (Å²) in [5.74, 6) is 1.78. The summed E-state index contributed by atoms with van der Waals surface area (Å²) in [7, 11) is 0. The molecule has 2 heteroatoms. The van der Waals surface area contributed by atoms with E-state index in [0.29, 0.717) is 0 Å². The largest absolute Gasteiger partial charge is 0.456 e. The minimum absolute atomic E-state index is 0.530. The van der Waals surface area contributed by atoms with Crippen molar-refractivity contribution in [3.8, 4) is 67.1 Å². The van der Waals surface area contributed by atoms with Gasteiger partial charge in [-0.15, -0.1) is 0 Å². The van der Waals surface area contributed by atoms with Crippen LogP contribution in [0.25, 0.3) is 66.4 Å². The van der Waals surface area contributed by atoms with Gasteiger partial charge in [0.25, 0.3) is 0 Å². The van der Waals surface area contributed by atoms with Crippen molar-refractivity contribution in [2.45, 2.75) is 5.41 Å². The number of benzene rings is 11. The summed E-state index contributed by atoms with van der Waals surface area (Å²) >= 11 is 0. The highest BCUT2D eigenvalue weighted by Gasteiger charge is 2.46. The van der Waals surface area contributed by atoms with Gasteiger partial charge >= 0.3 is 0 Å². The van der Waals surface area contributed by atoms with E-state index in [-0.39, 0.29) is 0 Å². The van der Waals surface area contributed by atoms with Crippen molar-refractivity contribution in [1.29, 1.82) is 0 Å². The summed E-state index contributed by atoms with van der Waals surface area (Å²) in [6, 6.07) is 95.0. The van der Waals surface area contributed by atoms with Crippen LogP contribution in [0.2, 0.25) is 0 Å². The molecule has 2 nitrogen and oxygen atoms in total. The van der Waals surface area contributed by atoms with E-state index in [9.17, 15) is 0 Å². The van der Waals surface area contributed by atoms with Crippen LogP contribution >= 0.6 is 0 Å². The van der Waals surface area contributed by atoms with Crippen LogP contribution in [0.1, 0.15) is 22.3 Å². The fourth-order valence-corrected chi connectivity index (χ4v) is 11.0. The first-order chi connectivity index (χ1) is 33.2. The summed E-state index contributed by atoms with van der Waals surface area (Å²) in [5.41, 5.74) is 19.7. The molecule has 0 unspecified atom stereocenters. The second kappa shape index (κ2) is 15.8. The Kier molecular flexibility index (Phi) is 9.11. The van der Waals surface area contributed by atoms with Gasteiger partial charge in [0, 0.05) is 28.0 Å². The smallest absolute Gasteiger partial charge is 0.135 e. The van der Waals surface area contributed by atoms with Crippen molar-refractivity contribution in [3.05, 3.63) is 283 Å². The summed E-state index contributed by atoms with van der Waals surface area (Å²) in [6.45, 7) is 0. The maximum absolute atomic E-state index is 6.51. The lowest BCUT2D eigenvalue weighted by Gasteiger charge is -2.35. The predicted octanol–water partition coefficient (Wildman–Crippen LogP) is 17.4. The summed E-state index contributed by atoms with van der Waals surface area (Å²) in [5, 5.41) is 2.31. The first-order valence-electron chi connectivity index (χ1n) is 23.1. The number of rotatable bonds is 8. The molecule has 0 spiro atoms. The molecule has 1 aliphatic carbocycles. The standard InChI is InChI=1S/C65H43NO/c1-3-16-44(17-4-1)45-32-34-46(35-33-45)47-36-38-51(39-37-47)66(52-22-13-18-48(42-52)54-40-41-63-64-58(54)27-15-28-59(64)57-26-9-12-31-62(57)67-63)53-23-14-21-50(43-53)65(49-19-5-2-6-20-49)60-29-10-7-24-55(60)56-25-8-11-30-61(56)65/h1-43H. The Balaban J connectivity index is 0.977. The highest BCUT2D eigenvalue weighted by Crippen LogP contribution is 2.57. The van der Waals surface area contributed by atoms with Crippen LogP contribution in [0.15, 0.2) is 261 Å². The molecule has 2 aliphatic rings. The lowest BCUT2D eigenvalue weighted by atomic mass is 9.67. The molecular weight excluding hydrogens is 811 g/mol. The molecule has 0 saturated heterocycles. The van der Waals surface area contributed by atoms with Crippen molar-refractivity contribution < 1.29 is 4.74 Å². The maximum Gasteiger partial charge on any atom is 0.135 e. The number of fused-ring (bicyclic) bond motifs is 5. The zero-order valence-electron chi connectivity index (χ0n) is 36.7. The van der Waals surface area contributed by atoms with Crippen molar-refractivity contribution in [3.63, 3.8) is 0 Å². The minimum Gasteiger partial charge on any atom is -0.456 e. The zero-order chi connectivity index (χ0) is 44.3. The van der Waals surface area contributed by atoms with Crippen LogP contribution in [-0.4, -0.2) is 0 Å². The quantitative estimate of drug-likeness (QED) is 0.151. The Labute approximate surface area is 391 Å². The van der Waals surface area contributed by atoms with Gasteiger partial charge in [-0.1, -0.05) is 212 Å². The molecule has 67 heavy (non-hydrogen) atoms. The topological polar surface area (TPSA) is 12.5 Å². The predicted molar refractivity (Wildman–Crippen MR) is 278 cm³/mol. The average molecular weight is 854 g/mol. The first-order valence-corrected chi connectivity index (χ1v) is 23.1. The fourth-order valence-electron chi connectivity index (χ4n) is 11.0. The Bertz CT molecular complexity index is 3600. The van der Waals surface area contributed by atoms with Gasteiger partial charge in [0.05, 0.1) is 5.41 Å². The second-order valence-electron chi connectivity index (χ2n) is 17.6. The van der Waals surface area contributed by atoms with E-state index in [4.69, 9.17) is 4.74 Å². The van der Waals surface area contributed by atoms with Crippen LogP contribution in [0, 0.1) is 0 Å². The molecule has 0 fully saturated rings. The lowest BCUT2D eigenvalue weighted by molar-refractivity contribution is 0.487. The highest BCUT2D eigenvalue weighted by molar-refractivity contribution is 6.10. The maximum atomic E-state index is 6.51. The molecule has 1 aliphatic heterocycles. The van der Waals surface area contributed by atoms with Crippen LogP contribution in [0.4, 0.5) is 17.1 Å². The molecule has 0 saturated carbocycles. The third-order valence-corrected chi connectivity index (χ3v) is 14.0. The number of para-hydroxylation sites is 1. The van der Waals surface area contributed by atoms with Crippen molar-refractivity contribution in [2.24, 2.45) is 0 Å². The van der Waals surface area contributed by atoms with E-state index in [2.05, 4.69) is 260 Å². The van der Waals surface area contributed by atoms with Gasteiger partial charge in [-0.2, -0.15) is 0 Å². The molecule has 0 atom stereocenters. The van der Waals surface area contributed by atoms with E-state index in [1.54, 1.807) is 0 Å². The van der Waals surface area contributed by atoms with Crippen molar-refractivity contribution >= 4 is 27.8 Å². The molecule has 0 N–H and O–H groups in total. The molecule has 0 aromatic heterocycles. The Morgan fingerprint density at radius 3 is 1.49 bits per heavy atom. The molecule has 11 aromatic carbocycles. The zero-order valence-corrected chi connectivity index (χ0v) is 36.7. The van der Waals surface area contributed by atoms with Gasteiger partial charge < -0.3 is 9.64 Å². The van der Waals surface area contributed by atoms with Crippen LogP contribution in [0.5, 0.6) is 11.5 Å². The van der Waals surface area contributed by atoms with E-state index in [0.717, 1.165) is 50.6 Å². The minimum atomic E-state index is -0.530. The van der Waals surface area contributed by atoms with Gasteiger partial charge in [-0.3, -0.25) is 0 Å². The van der Waals surface area contributed by atoms with E-state index in [1.807, 2.05) is 6.07 Å². The van der Waals surface area contributed by atoms with Gasteiger partial charge in [-0.25, -0.2) is 0 Å². The van der Waals surface area contributed by atoms with Gasteiger partial charge in [0.1, 0.15) is 11.5 Å². The summed E-state index contributed by atoms with van der Waals surface area (Å²) in [4.78, 5) is 2.42. The lowest BCUT2D eigenvalue weighted by Crippen LogP contribution is -2.28. The number of hydrogen-bond donors (Lipinski definition) is 0. The Morgan fingerprint density at radius 2 is 0.791 bits per heavy atom. The molecule has 13 rings (SSSR count). The van der Waals surface area contributed by atoms with Gasteiger partial charge in [-0.05, 0) is 126 Å². The van der Waals surface area contributed by atoms with Crippen LogP contribution < -0.4 is 9.64 Å². The molecule has 1 heterocycles. The highest BCUT2D eigenvalue weighted by atomic mass is 16.5. The number of ether oxygens (including phenoxy) is 1. The molecule has 0 amide bonds. The Hall–Kier alpha value is -8.72. The van der Waals surface area contributed by atoms with Crippen molar-refractivity contribution in [1.82, 2.24) is 0 Å². The molecule has 11 aromatic rings. The molecule has 0 radical (unpaired) electrons. The van der Waals surface area contributed by atoms with Crippen LogP contribution in [-0.2, 0) is 5.41 Å². The van der Waals surface area contributed by atoms with Crippen LogP contribution in [0.3, 0.4) is 0 Å². The van der Waals surface area contributed by atoms with Gasteiger partial charge in [0.15, 0.2) is 0 Å². The van der Waals surface area contributed by atoms with Gasteiger partial charge in [0.2, 0.25) is 0 Å². The van der Waals surface area contributed by atoms with E-state index < -0.39 is 5.41 Å². The number of nitrogens with zero attached hydrogens (tertiary/aromatic N) is 1. The van der Waals surface area contributed by atoms with E-state index in [1.165, 1.54) is 66.6 Å². The fraction of sp³-hybridized carbons (Fsp3) is 0.0154. The third kappa shape index (κ3) is 6.26. The molecule has 314 valence electrons. The SMILES string of the molecule is c1ccc(-c2ccc(-c3ccc(N(c4cccc(-c5ccc6c7c(cccc57)-c5ccccc5O6)c4)c4cccc(C5(c6ccccc6)c6ccccc6-c6ccccc65)c4)cc3)cc2)cc1. The number of anilines is 3. The Morgan fingerprint density at radius 1 is 0.284 bits per heavy atom. The third-order valence-electron chi connectivity index (χ3n) is 14.0. The van der Waals surface area contributed by atoms with Crippen molar-refractivity contribution in [2.75, 3.05) is 4.90 Å². The molecule has 0 bridgehead atoms.